The summed E-state index contributed by atoms with van der Waals surface area (Å²) in [5.41, 5.74) is 3.19. The van der Waals surface area contributed by atoms with E-state index in [1.165, 1.54) is 5.56 Å². The fourth-order valence-electron chi connectivity index (χ4n) is 4.20. The van der Waals surface area contributed by atoms with Gasteiger partial charge in [0.15, 0.2) is 0 Å². The van der Waals surface area contributed by atoms with E-state index >= 15 is 0 Å². The van der Waals surface area contributed by atoms with Crippen molar-refractivity contribution in [2.45, 2.75) is 31.7 Å². The molecule has 0 aliphatic carbocycles. The average Bonchev–Trinajstić information content (AvgIpc) is 2.90. The second-order valence-corrected chi connectivity index (χ2v) is 7.11. The molecule has 3 heterocycles. The molecule has 0 radical (unpaired) electrons. The van der Waals surface area contributed by atoms with Gasteiger partial charge in [0.05, 0.1) is 11.0 Å². The highest BCUT2D eigenvalue weighted by Crippen LogP contribution is 2.31. The van der Waals surface area contributed by atoms with E-state index < -0.39 is 0 Å². The number of likely N-dealkylation sites (N-methyl/N-ethyl adjacent to an activating group) is 1. The first-order valence-electron chi connectivity index (χ1n) is 8.90. The van der Waals surface area contributed by atoms with Crippen LogP contribution in [-0.4, -0.2) is 58.4 Å². The molecule has 1 amide bonds. The van der Waals surface area contributed by atoms with Gasteiger partial charge in [-0.15, -0.1) is 0 Å². The minimum atomic E-state index is 0.211. The van der Waals surface area contributed by atoms with Crippen molar-refractivity contribution in [2.75, 3.05) is 26.7 Å². The first-order valence-corrected chi connectivity index (χ1v) is 8.90. The van der Waals surface area contributed by atoms with Crippen LogP contribution in [-0.2, 0) is 11.2 Å². The van der Waals surface area contributed by atoms with Gasteiger partial charge in [-0.3, -0.25) is 14.8 Å². The van der Waals surface area contributed by atoms with Crippen molar-refractivity contribution in [3.63, 3.8) is 0 Å². The van der Waals surface area contributed by atoms with Gasteiger partial charge < -0.3 is 9.80 Å². The van der Waals surface area contributed by atoms with Crippen molar-refractivity contribution in [3.05, 3.63) is 36.2 Å². The summed E-state index contributed by atoms with van der Waals surface area (Å²) in [6.07, 6.45) is 7.48. The molecule has 126 valence electrons. The third-order valence-electron chi connectivity index (χ3n) is 5.46. The number of hydrogen-bond donors (Lipinski definition) is 0. The highest BCUT2D eigenvalue weighted by Gasteiger charge is 2.40. The lowest BCUT2D eigenvalue weighted by Gasteiger charge is -2.35. The monoisotopic (exact) mass is 324 g/mol. The van der Waals surface area contributed by atoms with Gasteiger partial charge in [0.25, 0.3) is 0 Å². The molecule has 0 bridgehead atoms. The number of nitrogens with zero attached hydrogens (tertiary/aromatic N) is 4. The molecule has 2 aliphatic rings. The van der Waals surface area contributed by atoms with Crippen LogP contribution in [0.3, 0.4) is 0 Å². The molecule has 5 nitrogen and oxygen atoms in total. The Hall–Kier alpha value is -2.01. The summed E-state index contributed by atoms with van der Waals surface area (Å²) in [5.74, 6) is 0.591. The van der Waals surface area contributed by atoms with Crippen LogP contribution >= 0.6 is 0 Å². The lowest BCUT2D eigenvalue weighted by molar-refractivity contribution is -0.133. The van der Waals surface area contributed by atoms with Crippen LogP contribution in [0.25, 0.3) is 11.0 Å². The maximum atomic E-state index is 12.6. The van der Waals surface area contributed by atoms with Gasteiger partial charge in [-0.1, -0.05) is 12.1 Å². The summed E-state index contributed by atoms with van der Waals surface area (Å²) in [5, 5.41) is 0. The van der Waals surface area contributed by atoms with Gasteiger partial charge in [-0.2, -0.15) is 0 Å². The van der Waals surface area contributed by atoms with Crippen molar-refractivity contribution in [3.8, 4) is 0 Å². The molecule has 2 aliphatic heterocycles. The van der Waals surface area contributed by atoms with E-state index in [0.29, 0.717) is 11.9 Å². The summed E-state index contributed by atoms with van der Waals surface area (Å²) in [6, 6.07) is 6.61. The van der Waals surface area contributed by atoms with Gasteiger partial charge in [-0.25, -0.2) is 0 Å². The predicted octanol–water partition coefficient (Wildman–Crippen LogP) is 2.11. The van der Waals surface area contributed by atoms with Crippen molar-refractivity contribution in [1.82, 2.24) is 19.8 Å². The zero-order valence-corrected chi connectivity index (χ0v) is 14.2. The van der Waals surface area contributed by atoms with Gasteiger partial charge in [0.2, 0.25) is 5.91 Å². The van der Waals surface area contributed by atoms with Crippen LogP contribution < -0.4 is 0 Å². The number of piperazine rings is 1. The number of aromatic nitrogens is 2. The van der Waals surface area contributed by atoms with Crippen molar-refractivity contribution in [1.29, 1.82) is 0 Å². The zero-order chi connectivity index (χ0) is 16.5. The van der Waals surface area contributed by atoms with Crippen LogP contribution in [0.5, 0.6) is 0 Å². The average molecular weight is 324 g/mol. The van der Waals surface area contributed by atoms with Crippen molar-refractivity contribution < 1.29 is 4.79 Å². The van der Waals surface area contributed by atoms with Gasteiger partial charge >= 0.3 is 0 Å². The lowest BCUT2D eigenvalue weighted by atomic mass is 9.96. The van der Waals surface area contributed by atoms with Crippen LogP contribution in [0.1, 0.15) is 24.8 Å². The summed E-state index contributed by atoms with van der Waals surface area (Å²) in [6.45, 7) is 2.93. The molecule has 2 atom stereocenters. The lowest BCUT2D eigenvalue weighted by Crippen LogP contribution is -2.49. The standard InChI is InChI=1S/C19H24N4O/c1-22-10-11-23-16(13-22)12-15(19(23)24)6-2-4-14-5-3-7-17-18(14)21-9-8-20-17/h3,5,7-9,15-16H,2,4,6,10-13H2,1H3/t15-,16-/m0/s1. The van der Waals surface area contributed by atoms with E-state index in [1.807, 2.05) is 12.1 Å². The number of fused-ring (bicyclic) bond motifs is 2. The molecule has 2 aromatic rings. The number of aryl methyl sites for hydroxylation is 1. The Bertz CT molecular complexity index is 742. The fraction of sp³-hybridized carbons (Fsp3) is 0.526. The molecule has 0 N–H and O–H groups in total. The summed E-state index contributed by atoms with van der Waals surface area (Å²) < 4.78 is 0. The molecule has 1 aromatic heterocycles. The van der Waals surface area contributed by atoms with Crippen LogP contribution in [0.2, 0.25) is 0 Å². The number of para-hydroxylation sites is 1. The molecular formula is C19H24N4O. The third-order valence-corrected chi connectivity index (χ3v) is 5.46. The SMILES string of the molecule is CN1CCN2C(=O)[C@@H](CCCc3cccc4nccnc34)C[C@H]2C1. The van der Waals surface area contributed by atoms with E-state index in [-0.39, 0.29) is 5.92 Å². The number of benzene rings is 1. The largest absolute Gasteiger partial charge is 0.337 e. The van der Waals surface area contributed by atoms with E-state index in [2.05, 4.69) is 32.9 Å². The van der Waals surface area contributed by atoms with E-state index in [0.717, 1.165) is 56.4 Å². The first kappa shape index (κ1) is 15.5. The predicted molar refractivity (Wildman–Crippen MR) is 93.6 cm³/mol. The molecule has 24 heavy (non-hydrogen) atoms. The zero-order valence-electron chi connectivity index (χ0n) is 14.2. The number of hydrogen-bond acceptors (Lipinski definition) is 4. The van der Waals surface area contributed by atoms with Crippen LogP contribution in [0.4, 0.5) is 0 Å². The Morgan fingerprint density at radius 1 is 1.21 bits per heavy atom. The second kappa shape index (κ2) is 6.48. The smallest absolute Gasteiger partial charge is 0.226 e. The Balaban J connectivity index is 1.38. The quantitative estimate of drug-likeness (QED) is 0.864. The molecule has 2 fully saturated rings. The number of rotatable bonds is 4. The van der Waals surface area contributed by atoms with Gasteiger partial charge in [-0.05, 0) is 44.4 Å². The summed E-state index contributed by atoms with van der Waals surface area (Å²) >= 11 is 0. The normalized spacial score (nSPS) is 24.5. The maximum Gasteiger partial charge on any atom is 0.226 e. The van der Waals surface area contributed by atoms with E-state index in [9.17, 15) is 4.79 Å². The Morgan fingerprint density at radius 2 is 2.08 bits per heavy atom. The summed E-state index contributed by atoms with van der Waals surface area (Å²) in [7, 11) is 2.15. The summed E-state index contributed by atoms with van der Waals surface area (Å²) in [4.78, 5) is 25.9. The topological polar surface area (TPSA) is 49.3 Å². The molecule has 1 aromatic carbocycles. The molecular weight excluding hydrogens is 300 g/mol. The maximum absolute atomic E-state index is 12.6. The highest BCUT2D eigenvalue weighted by molar-refractivity contribution is 5.81. The Morgan fingerprint density at radius 3 is 3.00 bits per heavy atom. The first-order chi connectivity index (χ1) is 11.7. The van der Waals surface area contributed by atoms with Crippen molar-refractivity contribution >= 4 is 16.9 Å². The van der Waals surface area contributed by atoms with Gasteiger partial charge in [0.1, 0.15) is 0 Å². The number of amides is 1. The molecule has 0 spiro atoms. The highest BCUT2D eigenvalue weighted by atomic mass is 16.2. The Labute approximate surface area is 142 Å². The van der Waals surface area contributed by atoms with Gasteiger partial charge in [0, 0.05) is 44.0 Å². The molecule has 5 heteroatoms. The molecule has 2 saturated heterocycles. The minimum Gasteiger partial charge on any atom is -0.337 e. The fourth-order valence-corrected chi connectivity index (χ4v) is 4.20. The van der Waals surface area contributed by atoms with E-state index in [1.54, 1.807) is 12.4 Å². The van der Waals surface area contributed by atoms with E-state index in [4.69, 9.17) is 0 Å². The molecule has 0 unspecified atom stereocenters. The minimum absolute atomic E-state index is 0.211. The van der Waals surface area contributed by atoms with Crippen molar-refractivity contribution in [2.24, 2.45) is 5.92 Å². The number of carbonyl (C=O) groups is 1. The third kappa shape index (κ3) is 2.88. The molecule has 0 saturated carbocycles. The van der Waals surface area contributed by atoms with Crippen LogP contribution in [0, 0.1) is 5.92 Å². The van der Waals surface area contributed by atoms with Crippen LogP contribution in [0.15, 0.2) is 30.6 Å². The second-order valence-electron chi connectivity index (χ2n) is 7.11. The Kier molecular flexibility index (Phi) is 4.19. The molecule has 4 rings (SSSR count). The number of carbonyl (C=O) groups excluding carboxylic acids is 1.